The topological polar surface area (TPSA) is 81.0 Å². The number of nitrogens with zero attached hydrogens (tertiary/aromatic N) is 3. The van der Waals surface area contributed by atoms with E-state index in [1.54, 1.807) is 19.2 Å². The van der Waals surface area contributed by atoms with Gasteiger partial charge in [0.15, 0.2) is 4.80 Å². The third-order valence-electron chi connectivity index (χ3n) is 5.67. The molecule has 7 nitrogen and oxygen atoms in total. The summed E-state index contributed by atoms with van der Waals surface area (Å²) in [6.45, 7) is 3.28. The Morgan fingerprint density at radius 1 is 1.19 bits per heavy atom. The standard InChI is InChI=1S/C22H24ClN3O4S2/c1-3-26-19-9-6-17(30-2)14-20(19)31-22(26)24-21(27)15-10-12-25(13-11-15)32(28,29)18-7-4-16(23)5-8-18/h4-9,14-15H,3,10-13H2,1-2H3. The fraction of sp³-hybridized carbons (Fsp3) is 0.364. The van der Waals surface area contributed by atoms with Crippen LogP contribution in [-0.4, -0.2) is 43.4 Å². The maximum absolute atomic E-state index is 12.9. The van der Waals surface area contributed by atoms with Gasteiger partial charge in [-0.25, -0.2) is 8.42 Å². The summed E-state index contributed by atoms with van der Waals surface area (Å²) in [4.78, 5) is 18.2. The second-order valence-electron chi connectivity index (χ2n) is 7.54. The van der Waals surface area contributed by atoms with E-state index < -0.39 is 10.0 Å². The lowest BCUT2D eigenvalue weighted by molar-refractivity contribution is -0.122. The number of carbonyl (C=O) groups is 1. The van der Waals surface area contributed by atoms with Crippen LogP contribution in [0.4, 0.5) is 0 Å². The van der Waals surface area contributed by atoms with Gasteiger partial charge in [-0.15, -0.1) is 0 Å². The molecule has 10 heteroatoms. The second-order valence-corrected chi connectivity index (χ2v) is 10.9. The lowest BCUT2D eigenvalue weighted by Gasteiger charge is -2.29. The molecule has 1 fully saturated rings. The third-order valence-corrected chi connectivity index (χ3v) is 8.87. The summed E-state index contributed by atoms with van der Waals surface area (Å²) in [5, 5.41) is 0.485. The van der Waals surface area contributed by atoms with Crippen LogP contribution in [0.5, 0.6) is 5.75 Å². The van der Waals surface area contributed by atoms with Crippen LogP contribution >= 0.6 is 22.9 Å². The number of rotatable bonds is 5. The van der Waals surface area contributed by atoms with Gasteiger partial charge in [0.25, 0.3) is 5.91 Å². The van der Waals surface area contributed by atoms with Gasteiger partial charge in [0.2, 0.25) is 10.0 Å². The minimum Gasteiger partial charge on any atom is -0.497 e. The van der Waals surface area contributed by atoms with Crippen LogP contribution in [0.3, 0.4) is 0 Å². The Labute approximate surface area is 196 Å². The molecule has 0 saturated carbocycles. The molecule has 1 saturated heterocycles. The molecule has 1 aliphatic heterocycles. The molecule has 0 aliphatic carbocycles. The van der Waals surface area contributed by atoms with Crippen LogP contribution in [-0.2, 0) is 21.4 Å². The van der Waals surface area contributed by atoms with Crippen molar-refractivity contribution >= 4 is 49.1 Å². The van der Waals surface area contributed by atoms with Gasteiger partial charge in [0.05, 0.1) is 22.2 Å². The highest BCUT2D eigenvalue weighted by Gasteiger charge is 2.32. The van der Waals surface area contributed by atoms with Gasteiger partial charge in [0.1, 0.15) is 5.75 Å². The number of methoxy groups -OCH3 is 1. The van der Waals surface area contributed by atoms with Crippen LogP contribution in [0, 0.1) is 5.92 Å². The Morgan fingerprint density at radius 2 is 1.88 bits per heavy atom. The Balaban J connectivity index is 1.51. The van der Waals surface area contributed by atoms with Crippen molar-refractivity contribution in [3.05, 3.63) is 52.3 Å². The Kier molecular flexibility index (Phi) is 6.71. The Morgan fingerprint density at radius 3 is 2.50 bits per heavy atom. The smallest absolute Gasteiger partial charge is 0.251 e. The molecule has 1 aliphatic rings. The van der Waals surface area contributed by atoms with Gasteiger partial charge in [-0.1, -0.05) is 22.9 Å². The van der Waals surface area contributed by atoms with Crippen molar-refractivity contribution in [1.29, 1.82) is 0 Å². The molecule has 0 radical (unpaired) electrons. The summed E-state index contributed by atoms with van der Waals surface area (Å²) in [5.74, 6) is 0.264. The van der Waals surface area contributed by atoms with Crippen molar-refractivity contribution in [3.63, 3.8) is 0 Å². The number of aryl methyl sites for hydroxylation is 1. The number of hydrogen-bond donors (Lipinski definition) is 0. The van der Waals surface area contributed by atoms with Crippen molar-refractivity contribution < 1.29 is 17.9 Å². The molecule has 0 unspecified atom stereocenters. The molecule has 170 valence electrons. The lowest BCUT2D eigenvalue weighted by atomic mass is 9.98. The van der Waals surface area contributed by atoms with Crippen molar-refractivity contribution in [3.8, 4) is 5.75 Å². The number of thiazole rings is 1. The molecule has 4 rings (SSSR count). The van der Waals surface area contributed by atoms with Crippen LogP contribution in [0.15, 0.2) is 52.4 Å². The third kappa shape index (κ3) is 4.47. The number of ether oxygens (including phenoxy) is 1. The molecule has 0 atom stereocenters. The highest BCUT2D eigenvalue weighted by atomic mass is 35.5. The second kappa shape index (κ2) is 9.35. The zero-order chi connectivity index (χ0) is 22.9. The van der Waals surface area contributed by atoms with E-state index in [-0.39, 0.29) is 29.8 Å². The summed E-state index contributed by atoms with van der Waals surface area (Å²) in [6, 6.07) is 11.9. The van der Waals surface area contributed by atoms with E-state index in [0.717, 1.165) is 16.0 Å². The monoisotopic (exact) mass is 493 g/mol. The summed E-state index contributed by atoms with van der Waals surface area (Å²) in [6.07, 6.45) is 0.889. The lowest BCUT2D eigenvalue weighted by Crippen LogP contribution is -2.40. The van der Waals surface area contributed by atoms with Crippen molar-refractivity contribution in [2.75, 3.05) is 20.2 Å². The first-order chi connectivity index (χ1) is 15.3. The number of carbonyl (C=O) groups excluding carboxylic acids is 1. The molecular formula is C22H24ClN3O4S2. The molecule has 0 N–H and O–H groups in total. The van der Waals surface area contributed by atoms with Crippen LogP contribution < -0.4 is 9.54 Å². The predicted octanol–water partition coefficient (Wildman–Crippen LogP) is 3.91. The first kappa shape index (κ1) is 23.0. The zero-order valence-electron chi connectivity index (χ0n) is 17.8. The average molecular weight is 494 g/mol. The predicted molar refractivity (Wildman–Crippen MR) is 126 cm³/mol. The van der Waals surface area contributed by atoms with Gasteiger partial charge in [-0.2, -0.15) is 9.30 Å². The number of hydrogen-bond acceptors (Lipinski definition) is 5. The van der Waals surface area contributed by atoms with Crippen molar-refractivity contribution in [1.82, 2.24) is 8.87 Å². The van der Waals surface area contributed by atoms with E-state index in [0.29, 0.717) is 29.2 Å². The number of fused-ring (bicyclic) bond motifs is 1. The summed E-state index contributed by atoms with van der Waals surface area (Å²) >= 11 is 7.32. The van der Waals surface area contributed by atoms with Crippen molar-refractivity contribution in [2.24, 2.45) is 10.9 Å². The molecule has 3 aromatic rings. The van der Waals surface area contributed by atoms with Crippen LogP contribution in [0.25, 0.3) is 10.2 Å². The van der Waals surface area contributed by atoms with Gasteiger partial charge in [0, 0.05) is 30.6 Å². The number of amides is 1. The molecule has 32 heavy (non-hydrogen) atoms. The van der Waals surface area contributed by atoms with E-state index in [2.05, 4.69) is 4.99 Å². The minimum absolute atomic E-state index is 0.200. The van der Waals surface area contributed by atoms with E-state index >= 15 is 0 Å². The maximum atomic E-state index is 12.9. The summed E-state index contributed by atoms with van der Waals surface area (Å²) < 4.78 is 35.5. The van der Waals surface area contributed by atoms with E-state index in [4.69, 9.17) is 16.3 Å². The quantitative estimate of drug-likeness (QED) is 0.539. The maximum Gasteiger partial charge on any atom is 0.251 e. The normalized spacial score (nSPS) is 16.5. The first-order valence-corrected chi connectivity index (χ1v) is 13.0. The zero-order valence-corrected chi connectivity index (χ0v) is 20.2. The number of sulfonamides is 1. The average Bonchev–Trinajstić information content (AvgIpc) is 3.15. The molecular weight excluding hydrogens is 470 g/mol. The fourth-order valence-electron chi connectivity index (χ4n) is 3.86. The highest BCUT2D eigenvalue weighted by molar-refractivity contribution is 7.89. The molecule has 1 aromatic heterocycles. The van der Waals surface area contributed by atoms with Crippen LogP contribution in [0.1, 0.15) is 19.8 Å². The largest absolute Gasteiger partial charge is 0.497 e. The summed E-state index contributed by atoms with van der Waals surface area (Å²) in [5.41, 5.74) is 1.01. The summed E-state index contributed by atoms with van der Waals surface area (Å²) in [7, 11) is -1.98. The Bertz CT molecular complexity index is 1310. The molecule has 0 spiro atoms. The molecule has 2 aromatic carbocycles. The minimum atomic E-state index is -3.60. The molecule has 1 amide bonds. The van der Waals surface area contributed by atoms with Gasteiger partial charge < -0.3 is 9.30 Å². The van der Waals surface area contributed by atoms with Gasteiger partial charge >= 0.3 is 0 Å². The van der Waals surface area contributed by atoms with Gasteiger partial charge in [-0.3, -0.25) is 4.79 Å². The number of piperidine rings is 1. The first-order valence-electron chi connectivity index (χ1n) is 10.3. The van der Waals surface area contributed by atoms with Crippen molar-refractivity contribution in [2.45, 2.75) is 31.2 Å². The molecule has 0 bridgehead atoms. The van der Waals surface area contributed by atoms with E-state index in [1.165, 1.54) is 27.8 Å². The number of benzene rings is 2. The van der Waals surface area contributed by atoms with E-state index in [9.17, 15) is 13.2 Å². The van der Waals surface area contributed by atoms with Gasteiger partial charge in [-0.05, 0) is 62.2 Å². The molecule has 2 heterocycles. The SMILES string of the molecule is CCn1c(=NC(=O)C2CCN(S(=O)(=O)c3ccc(Cl)cc3)CC2)sc2cc(OC)ccc21. The fourth-order valence-corrected chi connectivity index (χ4v) is 6.58. The number of halogens is 1. The van der Waals surface area contributed by atoms with Crippen LogP contribution in [0.2, 0.25) is 5.02 Å². The Hall–Kier alpha value is -2.20. The number of aromatic nitrogens is 1. The highest BCUT2D eigenvalue weighted by Crippen LogP contribution is 2.26. The van der Waals surface area contributed by atoms with E-state index in [1.807, 2.05) is 29.7 Å².